The highest BCUT2D eigenvalue weighted by molar-refractivity contribution is 14.1. The Morgan fingerprint density at radius 1 is 1.04 bits per heavy atom. The lowest BCUT2D eigenvalue weighted by Gasteiger charge is -2.11. The molecule has 0 spiro atoms. The van der Waals surface area contributed by atoms with Crippen LogP contribution in [0.4, 0.5) is 0 Å². The van der Waals surface area contributed by atoms with E-state index in [0.717, 1.165) is 29.5 Å². The Hall–Kier alpha value is -1.75. The lowest BCUT2D eigenvalue weighted by Crippen LogP contribution is -2.02. The Kier molecular flexibility index (Phi) is 7.37. The Bertz CT molecular complexity index is 745. The largest absolute Gasteiger partial charge is 0.300 e. The number of halogens is 1. The van der Waals surface area contributed by atoms with Gasteiger partial charge in [0.2, 0.25) is 0 Å². The number of rotatable bonds is 7. The maximum Gasteiger partial charge on any atom is 0.0831 e. The van der Waals surface area contributed by atoms with E-state index < -0.39 is 0 Å². The third-order valence-corrected chi connectivity index (χ3v) is 4.41. The molecule has 0 aliphatic rings. The lowest BCUT2D eigenvalue weighted by molar-refractivity contribution is 0.805. The van der Waals surface area contributed by atoms with Crippen molar-refractivity contribution in [3.8, 4) is 0 Å². The maximum atomic E-state index is 8.46. The van der Waals surface area contributed by atoms with Crippen molar-refractivity contribution in [3.05, 3.63) is 76.9 Å². The average molecular weight is 430 g/mol. The fourth-order valence-corrected chi connectivity index (χ4v) is 2.98. The highest BCUT2D eigenvalue weighted by atomic mass is 127. The summed E-state index contributed by atoms with van der Waals surface area (Å²) in [5.41, 5.74) is 6.12. The fourth-order valence-electron chi connectivity index (χ4n) is 2.64. The Balaban J connectivity index is 2.36. The van der Waals surface area contributed by atoms with Crippen molar-refractivity contribution in [1.82, 2.24) is 0 Å². The van der Waals surface area contributed by atoms with Crippen molar-refractivity contribution in [2.24, 2.45) is 3.21 Å². The summed E-state index contributed by atoms with van der Waals surface area (Å²) in [5.74, 6) is 0. The Morgan fingerprint density at radius 3 is 2.38 bits per heavy atom. The molecule has 2 aromatic rings. The molecule has 2 aromatic carbocycles. The second kappa shape index (κ2) is 9.52. The summed E-state index contributed by atoms with van der Waals surface area (Å²) in [7, 11) is 0. The third-order valence-electron chi connectivity index (χ3n) is 4.13. The number of hydrogen-bond donors (Lipinski definition) is 1. The second-order valence-corrected chi connectivity index (χ2v) is 6.36. The van der Waals surface area contributed by atoms with E-state index in [0.29, 0.717) is 5.71 Å². The minimum absolute atomic E-state index is 0.558. The summed E-state index contributed by atoms with van der Waals surface area (Å²) in [6.45, 7) is 4.35. The van der Waals surface area contributed by atoms with Gasteiger partial charge >= 0.3 is 0 Å². The predicted octanol–water partition coefficient (Wildman–Crippen LogP) is 6.49. The van der Waals surface area contributed by atoms with Crippen molar-refractivity contribution in [2.45, 2.75) is 33.1 Å². The van der Waals surface area contributed by atoms with Crippen molar-refractivity contribution in [3.63, 3.8) is 0 Å². The number of nitrogens with one attached hydrogen (secondary N) is 1. The minimum atomic E-state index is 0.558. The zero-order valence-electron chi connectivity index (χ0n) is 14.2. The quantitative estimate of drug-likeness (QED) is 0.385. The van der Waals surface area contributed by atoms with E-state index >= 15 is 0 Å². The molecule has 0 aliphatic carbocycles. The van der Waals surface area contributed by atoms with Gasteiger partial charge in [0.15, 0.2) is 0 Å². The molecule has 0 amide bonds. The highest BCUT2D eigenvalue weighted by Gasteiger charge is 2.08. The van der Waals surface area contributed by atoms with E-state index in [4.69, 9.17) is 5.41 Å². The number of nitrogens with zero attached hydrogens (tertiary/aromatic N) is 1. The van der Waals surface area contributed by atoms with Crippen LogP contribution < -0.4 is 0 Å². The van der Waals surface area contributed by atoms with Gasteiger partial charge in [-0.2, -0.15) is 0 Å². The van der Waals surface area contributed by atoms with Crippen molar-refractivity contribution < 1.29 is 0 Å². The summed E-state index contributed by atoms with van der Waals surface area (Å²) in [4.78, 5) is 0. The maximum absolute atomic E-state index is 8.46. The van der Waals surface area contributed by atoms with Crippen LogP contribution in [0, 0.1) is 5.41 Å². The van der Waals surface area contributed by atoms with Gasteiger partial charge in [0, 0.05) is 11.8 Å². The van der Waals surface area contributed by atoms with Gasteiger partial charge in [0.05, 0.1) is 28.6 Å². The summed E-state index contributed by atoms with van der Waals surface area (Å²) >= 11 is 2.03. The molecule has 0 aliphatic heterocycles. The van der Waals surface area contributed by atoms with Crippen LogP contribution in [-0.4, -0.2) is 11.9 Å². The van der Waals surface area contributed by atoms with Crippen LogP contribution in [0.5, 0.6) is 0 Å². The smallest absolute Gasteiger partial charge is 0.0831 e. The average Bonchev–Trinajstić information content (AvgIpc) is 2.64. The molecule has 3 heteroatoms. The molecule has 0 atom stereocenters. The predicted molar refractivity (Wildman–Crippen MR) is 113 cm³/mol. The standard InChI is InChI=1S/C21H23IN2/c1-3-4-9-20(15-24-22)16(2)18-12-8-13-19(14-18)21(23)17-10-6-5-7-11-17/h5-8,10-15,23H,3-4,9H2,1-2H3/b20-16-,23-21?,24-15+. The second-order valence-electron chi connectivity index (χ2n) is 5.80. The van der Waals surface area contributed by atoms with Crippen molar-refractivity contribution in [1.29, 1.82) is 5.41 Å². The first-order valence-corrected chi connectivity index (χ1v) is 9.22. The molecule has 0 unspecified atom stereocenters. The molecule has 2 rings (SSSR count). The van der Waals surface area contributed by atoms with E-state index in [9.17, 15) is 0 Å². The van der Waals surface area contributed by atoms with E-state index in [1.165, 1.54) is 17.6 Å². The van der Waals surface area contributed by atoms with Gasteiger partial charge in [-0.05, 0) is 48.1 Å². The number of hydrogen-bond acceptors (Lipinski definition) is 2. The first-order chi connectivity index (χ1) is 11.7. The molecule has 0 bridgehead atoms. The van der Waals surface area contributed by atoms with E-state index in [1.807, 2.05) is 71.5 Å². The molecular formula is C21H23IN2. The van der Waals surface area contributed by atoms with Crippen LogP contribution in [0.1, 0.15) is 49.8 Å². The van der Waals surface area contributed by atoms with Gasteiger partial charge in [-0.15, -0.1) is 0 Å². The third kappa shape index (κ3) is 4.87. The van der Waals surface area contributed by atoms with Gasteiger partial charge < -0.3 is 0 Å². The minimum Gasteiger partial charge on any atom is -0.300 e. The van der Waals surface area contributed by atoms with Crippen LogP contribution >= 0.6 is 22.9 Å². The molecule has 1 N–H and O–H groups in total. The van der Waals surface area contributed by atoms with Gasteiger partial charge in [-0.25, -0.2) is 3.21 Å². The summed E-state index contributed by atoms with van der Waals surface area (Å²) < 4.78 is 4.19. The van der Waals surface area contributed by atoms with Crippen LogP contribution in [0.15, 0.2) is 63.4 Å². The van der Waals surface area contributed by atoms with Gasteiger partial charge in [0.1, 0.15) is 0 Å². The van der Waals surface area contributed by atoms with Crippen LogP contribution in [-0.2, 0) is 0 Å². The molecule has 124 valence electrons. The Morgan fingerprint density at radius 2 is 1.71 bits per heavy atom. The fraction of sp³-hybridized carbons (Fsp3) is 0.238. The summed E-state index contributed by atoms with van der Waals surface area (Å²) in [5, 5.41) is 8.46. The molecule has 0 aromatic heterocycles. The SMILES string of the molecule is CCCCC(/C=N/I)=C(\C)c1cccc(C(=N)c2ccccc2)c1. The van der Waals surface area contributed by atoms with Crippen LogP contribution in [0.2, 0.25) is 0 Å². The van der Waals surface area contributed by atoms with Gasteiger partial charge in [-0.3, -0.25) is 5.41 Å². The summed E-state index contributed by atoms with van der Waals surface area (Å²) in [6.07, 6.45) is 5.33. The monoisotopic (exact) mass is 430 g/mol. The Labute approximate surface area is 158 Å². The summed E-state index contributed by atoms with van der Waals surface area (Å²) in [6, 6.07) is 18.1. The number of unbranched alkanes of at least 4 members (excludes halogenated alkanes) is 1. The first kappa shape index (κ1) is 18.6. The number of allylic oxidation sites excluding steroid dienone is 2. The molecule has 0 saturated carbocycles. The van der Waals surface area contributed by atoms with Crippen LogP contribution in [0.3, 0.4) is 0 Å². The van der Waals surface area contributed by atoms with Crippen molar-refractivity contribution >= 4 is 40.4 Å². The van der Waals surface area contributed by atoms with E-state index in [1.54, 1.807) is 0 Å². The molecule has 2 nitrogen and oxygen atoms in total. The van der Waals surface area contributed by atoms with E-state index in [2.05, 4.69) is 29.2 Å². The number of benzene rings is 2. The zero-order chi connectivity index (χ0) is 17.4. The molecular weight excluding hydrogens is 407 g/mol. The molecule has 0 radical (unpaired) electrons. The molecule has 0 saturated heterocycles. The van der Waals surface area contributed by atoms with Crippen LogP contribution in [0.25, 0.3) is 5.57 Å². The molecule has 24 heavy (non-hydrogen) atoms. The zero-order valence-corrected chi connectivity index (χ0v) is 16.4. The molecule has 0 heterocycles. The van der Waals surface area contributed by atoms with Gasteiger partial charge in [0.25, 0.3) is 0 Å². The van der Waals surface area contributed by atoms with Crippen molar-refractivity contribution in [2.75, 3.05) is 0 Å². The van der Waals surface area contributed by atoms with Gasteiger partial charge in [-0.1, -0.05) is 61.9 Å². The normalized spacial score (nSPS) is 12.3. The van der Waals surface area contributed by atoms with E-state index in [-0.39, 0.29) is 0 Å². The highest BCUT2D eigenvalue weighted by Crippen LogP contribution is 2.23. The first-order valence-electron chi connectivity index (χ1n) is 8.26. The topological polar surface area (TPSA) is 36.2 Å². The lowest BCUT2D eigenvalue weighted by atomic mass is 9.94. The molecule has 0 fully saturated rings.